The van der Waals surface area contributed by atoms with Crippen molar-refractivity contribution in [3.05, 3.63) is 96.8 Å². The van der Waals surface area contributed by atoms with Gasteiger partial charge in [-0.25, -0.2) is 0 Å². The fourth-order valence-corrected chi connectivity index (χ4v) is 11.5. The SMILES string of the molecule is CCCOC1=CC=CCCC1P(CCCP(c1ccccc1OCCC)c1ccccc1OCCC)c1ccccc1OCCC. The number of allylic oxidation sites excluding steroid dienone is 4. The van der Waals surface area contributed by atoms with E-state index < -0.39 is 15.8 Å². The fourth-order valence-electron chi connectivity index (χ4n) is 5.71. The molecule has 0 bridgehead atoms. The normalized spacial score (nSPS) is 15.2. The van der Waals surface area contributed by atoms with Gasteiger partial charge in [0.1, 0.15) is 23.0 Å². The maximum absolute atomic E-state index is 6.48. The Kier molecular flexibility index (Phi) is 16.0. The molecule has 2 atom stereocenters. The lowest BCUT2D eigenvalue weighted by molar-refractivity contribution is 0.204. The van der Waals surface area contributed by atoms with Crippen LogP contribution < -0.4 is 30.1 Å². The van der Waals surface area contributed by atoms with Crippen molar-refractivity contribution in [1.82, 2.24) is 0 Å². The molecule has 4 nitrogen and oxygen atoms in total. The number of ether oxygens (including phenoxy) is 4. The zero-order chi connectivity index (χ0) is 32.4. The third kappa shape index (κ3) is 10.4. The van der Waals surface area contributed by atoms with E-state index in [0.29, 0.717) is 5.66 Å². The molecule has 0 spiro atoms. The Labute approximate surface area is 281 Å². The largest absolute Gasteiger partial charge is 0.497 e. The van der Waals surface area contributed by atoms with Gasteiger partial charge in [-0.3, -0.25) is 0 Å². The first-order valence-corrected chi connectivity index (χ1v) is 20.5. The van der Waals surface area contributed by atoms with Crippen LogP contribution in [0.3, 0.4) is 0 Å². The first-order chi connectivity index (χ1) is 22.7. The molecule has 0 aliphatic heterocycles. The van der Waals surface area contributed by atoms with Crippen LogP contribution in [0, 0.1) is 0 Å². The van der Waals surface area contributed by atoms with E-state index in [9.17, 15) is 0 Å². The second-order valence-electron chi connectivity index (χ2n) is 11.6. The van der Waals surface area contributed by atoms with Gasteiger partial charge in [-0.05, 0) is 89.5 Å². The molecule has 0 saturated heterocycles. The Morgan fingerprint density at radius 3 is 1.61 bits per heavy atom. The summed E-state index contributed by atoms with van der Waals surface area (Å²) in [4.78, 5) is 0. The van der Waals surface area contributed by atoms with Gasteiger partial charge >= 0.3 is 0 Å². The molecule has 3 aromatic rings. The molecule has 0 radical (unpaired) electrons. The maximum Gasteiger partial charge on any atom is 0.127 e. The van der Waals surface area contributed by atoms with Crippen LogP contribution in [0.4, 0.5) is 0 Å². The van der Waals surface area contributed by atoms with E-state index in [1.165, 1.54) is 15.9 Å². The van der Waals surface area contributed by atoms with Gasteiger partial charge in [0.15, 0.2) is 0 Å². The van der Waals surface area contributed by atoms with Gasteiger partial charge in [-0.15, -0.1) is 0 Å². The van der Waals surface area contributed by atoms with Crippen LogP contribution in [0.2, 0.25) is 0 Å². The molecule has 0 aromatic heterocycles. The van der Waals surface area contributed by atoms with Crippen molar-refractivity contribution in [3.63, 3.8) is 0 Å². The second kappa shape index (κ2) is 20.4. The number of para-hydroxylation sites is 3. The maximum atomic E-state index is 6.48. The minimum atomic E-state index is -0.714. The van der Waals surface area contributed by atoms with E-state index in [4.69, 9.17) is 18.9 Å². The van der Waals surface area contributed by atoms with Crippen LogP contribution in [0.1, 0.15) is 72.6 Å². The van der Waals surface area contributed by atoms with Gasteiger partial charge in [0.25, 0.3) is 0 Å². The highest BCUT2D eigenvalue weighted by atomic mass is 31.1. The zero-order valence-corrected chi connectivity index (χ0v) is 30.2. The molecular formula is C40H54O4P2. The van der Waals surface area contributed by atoms with Crippen LogP contribution in [-0.2, 0) is 4.74 Å². The average molecular weight is 661 g/mol. The summed E-state index contributed by atoms with van der Waals surface area (Å²) < 4.78 is 25.6. The Morgan fingerprint density at radius 2 is 1.07 bits per heavy atom. The van der Waals surface area contributed by atoms with E-state index in [1.54, 1.807) is 0 Å². The first-order valence-electron chi connectivity index (χ1n) is 17.4. The van der Waals surface area contributed by atoms with E-state index >= 15 is 0 Å². The predicted octanol–water partition coefficient (Wildman–Crippen LogP) is 9.71. The molecule has 0 amide bonds. The summed E-state index contributed by atoms with van der Waals surface area (Å²) in [5.41, 5.74) is 0.356. The highest BCUT2D eigenvalue weighted by Crippen LogP contribution is 2.51. The van der Waals surface area contributed by atoms with Crippen LogP contribution in [-0.4, -0.2) is 44.4 Å². The van der Waals surface area contributed by atoms with Crippen LogP contribution >= 0.6 is 15.8 Å². The number of hydrogen-bond donors (Lipinski definition) is 0. The van der Waals surface area contributed by atoms with E-state index in [0.717, 1.165) is 107 Å². The molecule has 6 heteroatoms. The Bertz CT molecular complexity index is 1320. The minimum absolute atomic E-state index is 0.356. The van der Waals surface area contributed by atoms with Crippen molar-refractivity contribution in [2.45, 2.75) is 78.3 Å². The van der Waals surface area contributed by atoms with Gasteiger partial charge in [-0.2, -0.15) is 0 Å². The van der Waals surface area contributed by atoms with Crippen molar-refractivity contribution in [3.8, 4) is 17.2 Å². The monoisotopic (exact) mass is 660 g/mol. The van der Waals surface area contributed by atoms with Gasteiger partial charge in [0.2, 0.25) is 0 Å². The van der Waals surface area contributed by atoms with Crippen LogP contribution in [0.15, 0.2) is 96.8 Å². The molecule has 3 aromatic carbocycles. The van der Waals surface area contributed by atoms with E-state index in [2.05, 4.69) is 119 Å². The highest BCUT2D eigenvalue weighted by Gasteiger charge is 2.30. The van der Waals surface area contributed by atoms with Crippen molar-refractivity contribution in [2.24, 2.45) is 0 Å². The molecule has 1 aliphatic rings. The van der Waals surface area contributed by atoms with Gasteiger partial charge in [0, 0.05) is 21.6 Å². The summed E-state index contributed by atoms with van der Waals surface area (Å²) >= 11 is 0. The molecule has 2 unspecified atom stereocenters. The standard InChI is InChI=1S/C40H54O4P2/c1-5-27-41-33-19-10-9-11-23-37(33)45(38-24-15-12-20-34(38)42-28-6-2)31-18-32-46(39-25-16-13-21-35(39)43-29-7-3)40-26-17-14-22-36(40)44-30-8-4/h9-10,12-17,19-22,24-26,37H,5-8,11,18,23,27-32H2,1-4H3. The van der Waals surface area contributed by atoms with Gasteiger partial charge in [-0.1, -0.05) is 102 Å². The van der Waals surface area contributed by atoms with E-state index in [-0.39, 0.29) is 0 Å². The van der Waals surface area contributed by atoms with Crippen molar-refractivity contribution >= 4 is 31.8 Å². The molecule has 0 fully saturated rings. The summed E-state index contributed by atoms with van der Waals surface area (Å²) in [5.74, 6) is 4.20. The number of hydrogen-bond acceptors (Lipinski definition) is 4. The summed E-state index contributed by atoms with van der Waals surface area (Å²) in [7, 11) is -1.31. The highest BCUT2D eigenvalue weighted by molar-refractivity contribution is 7.73. The number of rotatable bonds is 20. The van der Waals surface area contributed by atoms with Crippen LogP contribution in [0.25, 0.3) is 0 Å². The zero-order valence-electron chi connectivity index (χ0n) is 28.5. The quantitative estimate of drug-likeness (QED) is 0.113. The lowest BCUT2D eigenvalue weighted by atomic mass is 10.2. The van der Waals surface area contributed by atoms with Crippen LogP contribution in [0.5, 0.6) is 17.2 Å². The molecule has 0 heterocycles. The summed E-state index contributed by atoms with van der Waals surface area (Å²) in [6, 6.07) is 26.1. The minimum Gasteiger partial charge on any atom is -0.497 e. The predicted molar refractivity (Wildman–Crippen MR) is 200 cm³/mol. The van der Waals surface area contributed by atoms with Gasteiger partial charge in [0.05, 0.1) is 26.4 Å². The smallest absolute Gasteiger partial charge is 0.127 e. The molecular weight excluding hydrogens is 606 g/mol. The summed E-state index contributed by atoms with van der Waals surface area (Å²) in [5, 5.41) is 3.98. The number of benzene rings is 3. The first kappa shape index (κ1) is 36.0. The summed E-state index contributed by atoms with van der Waals surface area (Å²) in [6.07, 6.45) is 16.1. The molecule has 1 aliphatic carbocycles. The fraction of sp³-hybridized carbons (Fsp3) is 0.450. The van der Waals surface area contributed by atoms with Crippen molar-refractivity contribution in [1.29, 1.82) is 0 Å². The van der Waals surface area contributed by atoms with Gasteiger partial charge < -0.3 is 18.9 Å². The third-order valence-electron chi connectivity index (χ3n) is 7.83. The lowest BCUT2D eigenvalue weighted by Gasteiger charge is -2.31. The van der Waals surface area contributed by atoms with Crippen molar-refractivity contribution in [2.75, 3.05) is 38.8 Å². The van der Waals surface area contributed by atoms with E-state index in [1.807, 2.05) is 0 Å². The van der Waals surface area contributed by atoms with Crippen molar-refractivity contribution < 1.29 is 18.9 Å². The third-order valence-corrected chi connectivity index (χ3v) is 13.6. The Hall–Kier alpha value is -2.80. The Balaban J connectivity index is 1.70. The molecule has 248 valence electrons. The Morgan fingerprint density at radius 1 is 0.587 bits per heavy atom. The average Bonchev–Trinajstić information content (AvgIpc) is 3.34. The summed E-state index contributed by atoms with van der Waals surface area (Å²) in [6.45, 7) is 11.6. The topological polar surface area (TPSA) is 36.9 Å². The molecule has 4 rings (SSSR count). The lowest BCUT2D eigenvalue weighted by Crippen LogP contribution is -2.23. The molecule has 0 N–H and O–H groups in total. The molecule has 0 saturated carbocycles. The molecule has 46 heavy (non-hydrogen) atoms. The second-order valence-corrected chi connectivity index (χ2v) is 16.3.